The smallest absolute Gasteiger partial charge is 0.162 e. The van der Waals surface area contributed by atoms with Gasteiger partial charge in [-0.3, -0.25) is 4.57 Å². The van der Waals surface area contributed by atoms with Crippen molar-refractivity contribution in [2.45, 2.75) is 0 Å². The lowest BCUT2D eigenvalue weighted by molar-refractivity contribution is 0.979. The Morgan fingerprint density at radius 2 is 0.929 bits per heavy atom. The normalized spacial score (nSPS) is 11.6. The van der Waals surface area contributed by atoms with Gasteiger partial charge in [0.1, 0.15) is 11.5 Å². The maximum atomic E-state index is 5.43. The lowest BCUT2D eigenvalue weighted by Gasteiger charge is -2.12. The molecule has 5 nitrogen and oxygen atoms in total. The van der Waals surface area contributed by atoms with E-state index < -0.39 is 0 Å². The van der Waals surface area contributed by atoms with E-state index in [0.29, 0.717) is 5.82 Å². The van der Waals surface area contributed by atoms with Gasteiger partial charge in [-0.15, -0.1) is 0 Å². The quantitative estimate of drug-likeness (QED) is 0.172. The largest absolute Gasteiger partial charge is 0.294 e. The molecule has 0 unspecified atom stereocenters. The third-order valence-electron chi connectivity index (χ3n) is 10.8. The summed E-state index contributed by atoms with van der Waals surface area (Å²) in [7, 11) is 0. The van der Waals surface area contributed by atoms with E-state index in [1.807, 2.05) is 6.07 Å². The highest BCUT2D eigenvalue weighted by molar-refractivity contribution is 6.10. The Morgan fingerprint density at radius 3 is 1.59 bits per heavy atom. The molecule has 0 saturated heterocycles. The Kier molecular flexibility index (Phi) is 7.42. The Hall–Kier alpha value is -7.63. The maximum Gasteiger partial charge on any atom is 0.162 e. The van der Waals surface area contributed by atoms with Gasteiger partial charge in [0.15, 0.2) is 5.82 Å². The van der Waals surface area contributed by atoms with Gasteiger partial charge in [-0.2, -0.15) is 5.10 Å². The average molecular weight is 716 g/mol. The fourth-order valence-corrected chi connectivity index (χ4v) is 8.16. The monoisotopic (exact) mass is 715 g/mol. The molecule has 0 N–H and O–H groups in total. The molecular formula is C51H33N5. The lowest BCUT2D eigenvalue weighted by atomic mass is 9.96. The number of hydrogen-bond donors (Lipinski definition) is 0. The number of nitrogens with zero attached hydrogens (tertiary/aromatic N) is 5. The minimum Gasteiger partial charge on any atom is -0.294 e. The molecule has 0 aliphatic rings. The Bertz CT molecular complexity index is 3170. The SMILES string of the molecule is c1ccc(-c2cc(-n3c4ccccc4c4ccccc43)nc(-c3ccc(-c4nn5c(-c6ccccc6)cc6ccccc6c5c4-c4ccccc4)cc3)n2)cc1. The van der Waals surface area contributed by atoms with Gasteiger partial charge in [-0.05, 0) is 29.1 Å². The second-order valence-electron chi connectivity index (χ2n) is 14.1. The summed E-state index contributed by atoms with van der Waals surface area (Å²) in [6, 6.07) is 70.1. The summed E-state index contributed by atoms with van der Waals surface area (Å²) in [5.74, 6) is 1.48. The number of benzene rings is 7. The van der Waals surface area contributed by atoms with Crippen LogP contribution in [0.4, 0.5) is 0 Å². The van der Waals surface area contributed by atoms with Crippen molar-refractivity contribution >= 4 is 38.1 Å². The van der Waals surface area contributed by atoms with Crippen LogP contribution in [0.2, 0.25) is 0 Å². The number of rotatable bonds is 6. The van der Waals surface area contributed by atoms with Crippen LogP contribution in [0.3, 0.4) is 0 Å². The van der Waals surface area contributed by atoms with E-state index in [4.69, 9.17) is 15.1 Å². The molecule has 0 aliphatic heterocycles. The van der Waals surface area contributed by atoms with Crippen LogP contribution in [-0.4, -0.2) is 24.1 Å². The van der Waals surface area contributed by atoms with Crippen molar-refractivity contribution in [3.63, 3.8) is 0 Å². The first kappa shape index (κ1) is 31.9. The summed E-state index contributed by atoms with van der Waals surface area (Å²) in [4.78, 5) is 10.5. The van der Waals surface area contributed by atoms with E-state index in [-0.39, 0.29) is 0 Å². The van der Waals surface area contributed by atoms with Crippen molar-refractivity contribution in [1.29, 1.82) is 0 Å². The molecule has 262 valence electrons. The molecular weight excluding hydrogens is 683 g/mol. The van der Waals surface area contributed by atoms with Crippen LogP contribution in [0.5, 0.6) is 0 Å². The first-order chi connectivity index (χ1) is 27.8. The molecule has 11 aromatic rings. The van der Waals surface area contributed by atoms with Crippen LogP contribution in [0.15, 0.2) is 200 Å². The maximum absolute atomic E-state index is 5.43. The van der Waals surface area contributed by atoms with E-state index >= 15 is 0 Å². The number of pyridine rings is 1. The van der Waals surface area contributed by atoms with Gasteiger partial charge >= 0.3 is 0 Å². The first-order valence-corrected chi connectivity index (χ1v) is 18.9. The van der Waals surface area contributed by atoms with E-state index in [9.17, 15) is 0 Å². The molecule has 0 spiro atoms. The number of hydrogen-bond acceptors (Lipinski definition) is 3. The number of fused-ring (bicyclic) bond motifs is 6. The molecule has 4 heterocycles. The van der Waals surface area contributed by atoms with Crippen molar-refractivity contribution in [2.24, 2.45) is 0 Å². The number of aromatic nitrogens is 5. The average Bonchev–Trinajstić information content (AvgIpc) is 3.84. The summed E-state index contributed by atoms with van der Waals surface area (Å²) in [5, 5.41) is 10.1. The molecule has 0 fully saturated rings. The Morgan fingerprint density at radius 1 is 0.393 bits per heavy atom. The van der Waals surface area contributed by atoms with Gasteiger partial charge in [-0.25, -0.2) is 14.5 Å². The zero-order valence-corrected chi connectivity index (χ0v) is 30.3. The molecule has 4 aromatic heterocycles. The second-order valence-corrected chi connectivity index (χ2v) is 14.1. The molecule has 56 heavy (non-hydrogen) atoms. The Balaban J connectivity index is 1.11. The van der Waals surface area contributed by atoms with Crippen molar-refractivity contribution in [3.8, 4) is 62.1 Å². The predicted octanol–water partition coefficient (Wildman–Crippen LogP) is 12.7. The second kappa shape index (κ2) is 13.0. The van der Waals surface area contributed by atoms with Gasteiger partial charge in [0.25, 0.3) is 0 Å². The third-order valence-corrected chi connectivity index (χ3v) is 10.8. The summed E-state index contributed by atoms with van der Waals surface area (Å²) >= 11 is 0. The zero-order chi connectivity index (χ0) is 37.0. The predicted molar refractivity (Wildman–Crippen MR) is 230 cm³/mol. The molecule has 11 rings (SSSR count). The van der Waals surface area contributed by atoms with E-state index in [0.717, 1.165) is 78.2 Å². The molecule has 5 heteroatoms. The van der Waals surface area contributed by atoms with Crippen LogP contribution < -0.4 is 0 Å². The Labute approximate surface area is 323 Å². The van der Waals surface area contributed by atoms with Crippen molar-refractivity contribution in [3.05, 3.63) is 200 Å². The molecule has 0 amide bonds. The van der Waals surface area contributed by atoms with E-state index in [1.165, 1.54) is 16.2 Å². The minimum absolute atomic E-state index is 0.658. The van der Waals surface area contributed by atoms with Gasteiger partial charge in [-0.1, -0.05) is 176 Å². The fourth-order valence-electron chi connectivity index (χ4n) is 8.16. The van der Waals surface area contributed by atoms with Crippen LogP contribution >= 0.6 is 0 Å². The van der Waals surface area contributed by atoms with E-state index in [2.05, 4.69) is 203 Å². The van der Waals surface area contributed by atoms with Crippen molar-refractivity contribution in [2.75, 3.05) is 0 Å². The van der Waals surface area contributed by atoms with Gasteiger partial charge in [0, 0.05) is 50.0 Å². The fraction of sp³-hybridized carbons (Fsp3) is 0. The van der Waals surface area contributed by atoms with Gasteiger partial charge < -0.3 is 0 Å². The molecule has 0 atom stereocenters. The highest BCUT2D eigenvalue weighted by Crippen LogP contribution is 2.41. The topological polar surface area (TPSA) is 48.0 Å². The molecule has 0 radical (unpaired) electrons. The molecule has 0 saturated carbocycles. The zero-order valence-electron chi connectivity index (χ0n) is 30.3. The molecule has 0 bridgehead atoms. The minimum atomic E-state index is 0.658. The van der Waals surface area contributed by atoms with Crippen LogP contribution in [0, 0.1) is 0 Å². The highest BCUT2D eigenvalue weighted by atomic mass is 15.2. The van der Waals surface area contributed by atoms with Gasteiger partial charge in [0.2, 0.25) is 0 Å². The third kappa shape index (κ3) is 5.21. The summed E-state index contributed by atoms with van der Waals surface area (Å²) in [6.07, 6.45) is 0. The summed E-state index contributed by atoms with van der Waals surface area (Å²) < 4.78 is 4.39. The molecule has 7 aromatic carbocycles. The highest BCUT2D eigenvalue weighted by Gasteiger charge is 2.22. The van der Waals surface area contributed by atoms with Crippen molar-refractivity contribution < 1.29 is 0 Å². The van der Waals surface area contributed by atoms with Crippen LogP contribution in [-0.2, 0) is 0 Å². The number of para-hydroxylation sites is 2. The first-order valence-electron chi connectivity index (χ1n) is 18.9. The van der Waals surface area contributed by atoms with Gasteiger partial charge in [0.05, 0.1) is 27.9 Å². The lowest BCUT2D eigenvalue weighted by Crippen LogP contribution is -2.02. The summed E-state index contributed by atoms with van der Waals surface area (Å²) in [6.45, 7) is 0. The van der Waals surface area contributed by atoms with Crippen LogP contribution in [0.1, 0.15) is 0 Å². The van der Waals surface area contributed by atoms with Crippen LogP contribution in [0.25, 0.3) is 100 Å². The van der Waals surface area contributed by atoms with Crippen molar-refractivity contribution in [1.82, 2.24) is 24.1 Å². The summed E-state index contributed by atoms with van der Waals surface area (Å²) in [5.41, 5.74) is 12.4. The standard InChI is InChI=1S/C51H33N5/c1-4-16-34(17-5-1)43-33-47(55-44-26-14-12-24-41(44)42-25-13-15-27-45(42)55)53-51(52-43)38-30-28-37(29-31-38)49-48(36-20-8-3-9-21-36)50-40-23-11-10-22-39(40)32-46(56(50)54-49)35-18-6-2-7-19-35/h1-33H. The molecule has 0 aliphatic carbocycles. The van der Waals surface area contributed by atoms with E-state index in [1.54, 1.807) is 0 Å².